The van der Waals surface area contributed by atoms with Crippen LogP contribution < -0.4 is 0 Å². The van der Waals surface area contributed by atoms with E-state index < -0.39 is 5.54 Å². The number of hydrogen-bond donors (Lipinski definition) is 2. The van der Waals surface area contributed by atoms with Crippen LogP contribution >= 0.6 is 0 Å². The van der Waals surface area contributed by atoms with E-state index >= 15 is 0 Å². The number of allylic oxidation sites excluding steroid dienone is 2. The van der Waals surface area contributed by atoms with Gasteiger partial charge in [-0.15, -0.1) is 0 Å². The first-order valence-corrected chi connectivity index (χ1v) is 10.1. The Bertz CT molecular complexity index is 1290. The lowest BCUT2D eigenvalue weighted by molar-refractivity contribution is 0.102. The molecule has 0 bridgehead atoms. The largest absolute Gasteiger partial charge is 0.507 e. The number of aromatic hydroxyl groups is 1. The molecule has 1 aromatic heterocycles. The van der Waals surface area contributed by atoms with Gasteiger partial charge in [-0.05, 0) is 42.7 Å². The number of carbonyl (C=O) groups excluding carboxylic acids is 1. The third-order valence-electron chi connectivity index (χ3n) is 6.37. The SMILES string of the molecule is [C-]#[N+]C1=CC(C(=O)c2ccccc2O)=CN2CCc3c([nH]c4ccccc34)C12CC. The van der Waals surface area contributed by atoms with Gasteiger partial charge in [0.2, 0.25) is 0 Å². The van der Waals surface area contributed by atoms with Crippen molar-refractivity contribution in [1.29, 1.82) is 0 Å². The molecule has 2 aliphatic heterocycles. The summed E-state index contributed by atoms with van der Waals surface area (Å²) in [7, 11) is 0. The van der Waals surface area contributed by atoms with Crippen molar-refractivity contribution < 1.29 is 9.90 Å². The van der Waals surface area contributed by atoms with E-state index in [4.69, 9.17) is 6.57 Å². The van der Waals surface area contributed by atoms with Crippen molar-refractivity contribution >= 4 is 16.7 Å². The number of nitrogens with zero attached hydrogens (tertiary/aromatic N) is 2. The molecule has 0 radical (unpaired) electrons. The lowest BCUT2D eigenvalue weighted by Gasteiger charge is -2.48. The maximum Gasteiger partial charge on any atom is 0.197 e. The smallest absolute Gasteiger partial charge is 0.197 e. The molecular formula is C25H21N3O2. The number of carbonyl (C=O) groups is 1. The fourth-order valence-corrected chi connectivity index (χ4v) is 4.93. The first-order valence-electron chi connectivity index (χ1n) is 10.1. The fraction of sp³-hybridized carbons (Fsp3) is 0.200. The van der Waals surface area contributed by atoms with Crippen LogP contribution in [0.5, 0.6) is 5.75 Å². The van der Waals surface area contributed by atoms with E-state index in [2.05, 4.69) is 33.8 Å². The van der Waals surface area contributed by atoms with Crippen molar-refractivity contribution in [3.63, 3.8) is 0 Å². The Morgan fingerprint density at radius 2 is 2.00 bits per heavy atom. The van der Waals surface area contributed by atoms with Crippen molar-refractivity contribution in [2.75, 3.05) is 6.54 Å². The number of para-hydroxylation sites is 2. The molecule has 0 amide bonds. The molecule has 5 nitrogen and oxygen atoms in total. The highest BCUT2D eigenvalue weighted by molar-refractivity contribution is 6.12. The van der Waals surface area contributed by atoms with Crippen LogP contribution in [0.25, 0.3) is 15.7 Å². The Hall–Kier alpha value is -3.78. The monoisotopic (exact) mass is 395 g/mol. The Morgan fingerprint density at radius 3 is 2.77 bits per heavy atom. The Morgan fingerprint density at radius 1 is 1.23 bits per heavy atom. The third kappa shape index (κ3) is 2.37. The highest BCUT2D eigenvalue weighted by atomic mass is 16.3. The van der Waals surface area contributed by atoms with Crippen LogP contribution in [0, 0.1) is 6.57 Å². The van der Waals surface area contributed by atoms with E-state index in [-0.39, 0.29) is 17.1 Å². The number of benzene rings is 2. The predicted octanol–water partition coefficient (Wildman–Crippen LogP) is 4.92. The van der Waals surface area contributed by atoms with Gasteiger partial charge in [-0.1, -0.05) is 37.3 Å². The number of phenolic OH excluding ortho intramolecular Hbond substituents is 1. The average molecular weight is 395 g/mol. The van der Waals surface area contributed by atoms with Gasteiger partial charge in [0.15, 0.2) is 11.5 Å². The Kier molecular flexibility index (Phi) is 4.04. The number of H-pyrrole nitrogens is 1. The number of aromatic amines is 1. The van der Waals surface area contributed by atoms with Gasteiger partial charge in [0.25, 0.3) is 0 Å². The zero-order valence-corrected chi connectivity index (χ0v) is 16.6. The molecule has 3 heterocycles. The van der Waals surface area contributed by atoms with E-state index in [1.165, 1.54) is 17.0 Å². The van der Waals surface area contributed by atoms with Crippen LogP contribution in [0.3, 0.4) is 0 Å². The average Bonchev–Trinajstić information content (AvgIpc) is 3.17. The number of aromatic nitrogens is 1. The van der Waals surface area contributed by atoms with E-state index in [0.29, 0.717) is 24.2 Å². The summed E-state index contributed by atoms with van der Waals surface area (Å²) >= 11 is 0. The van der Waals surface area contributed by atoms with Gasteiger partial charge in [-0.25, -0.2) is 4.85 Å². The number of ketones is 1. The minimum atomic E-state index is -0.614. The van der Waals surface area contributed by atoms with Gasteiger partial charge in [-0.3, -0.25) is 4.79 Å². The third-order valence-corrected chi connectivity index (χ3v) is 6.37. The molecule has 0 fully saturated rings. The number of rotatable bonds is 3. The van der Waals surface area contributed by atoms with E-state index in [1.54, 1.807) is 24.3 Å². The maximum atomic E-state index is 13.1. The van der Waals surface area contributed by atoms with Crippen molar-refractivity contribution in [2.24, 2.45) is 0 Å². The first-order chi connectivity index (χ1) is 14.6. The zero-order chi connectivity index (χ0) is 20.9. The Balaban J connectivity index is 1.68. The zero-order valence-electron chi connectivity index (χ0n) is 16.6. The minimum Gasteiger partial charge on any atom is -0.507 e. The normalized spacial score (nSPS) is 20.1. The summed E-state index contributed by atoms with van der Waals surface area (Å²) in [5.74, 6) is -0.327. The van der Waals surface area contributed by atoms with Crippen molar-refractivity contribution in [1.82, 2.24) is 9.88 Å². The Labute approximate surface area is 174 Å². The van der Waals surface area contributed by atoms with Gasteiger partial charge in [0, 0.05) is 34.9 Å². The quantitative estimate of drug-likeness (QED) is 0.489. The van der Waals surface area contributed by atoms with Gasteiger partial charge >= 0.3 is 0 Å². The topological polar surface area (TPSA) is 60.7 Å². The van der Waals surface area contributed by atoms with Crippen LogP contribution in [0.1, 0.15) is 35.0 Å². The highest BCUT2D eigenvalue weighted by Gasteiger charge is 2.48. The summed E-state index contributed by atoms with van der Waals surface area (Å²) in [6.45, 7) is 10.7. The molecule has 2 aliphatic rings. The highest BCUT2D eigenvalue weighted by Crippen LogP contribution is 2.48. The minimum absolute atomic E-state index is 0.0509. The van der Waals surface area contributed by atoms with Crippen LogP contribution in [0.15, 0.2) is 72.1 Å². The molecule has 2 aromatic carbocycles. The number of nitrogens with one attached hydrogen (secondary N) is 1. The molecule has 0 saturated carbocycles. The van der Waals surface area contributed by atoms with Gasteiger partial charge in [-0.2, -0.15) is 0 Å². The van der Waals surface area contributed by atoms with Crippen LogP contribution in [0.4, 0.5) is 0 Å². The summed E-state index contributed by atoms with van der Waals surface area (Å²) in [6.07, 6.45) is 5.10. The molecule has 1 atom stereocenters. The fourth-order valence-electron chi connectivity index (χ4n) is 4.93. The second-order valence-electron chi connectivity index (χ2n) is 7.75. The lowest BCUT2D eigenvalue weighted by Crippen LogP contribution is -2.50. The van der Waals surface area contributed by atoms with Crippen LogP contribution in [-0.4, -0.2) is 27.3 Å². The molecule has 2 N–H and O–H groups in total. The van der Waals surface area contributed by atoms with Crippen molar-refractivity contribution in [3.05, 3.63) is 100 Å². The molecule has 5 rings (SSSR count). The molecule has 0 aliphatic carbocycles. The predicted molar refractivity (Wildman–Crippen MR) is 116 cm³/mol. The molecule has 3 aromatic rings. The van der Waals surface area contributed by atoms with Crippen LogP contribution in [-0.2, 0) is 12.0 Å². The number of hydrogen-bond acceptors (Lipinski definition) is 3. The summed E-state index contributed by atoms with van der Waals surface area (Å²) in [5.41, 5.74) is 3.95. The standard InChI is InChI=1S/C25H21N3O2/c1-3-25-22(26-2)14-16(23(30)19-9-5-7-11-21(19)29)15-28(25)13-12-18-17-8-4-6-10-20(17)27-24(18)25/h4-11,14-15,27,29H,3,12-13H2,1H3. The van der Waals surface area contributed by atoms with E-state index in [9.17, 15) is 9.90 Å². The lowest BCUT2D eigenvalue weighted by atomic mass is 9.77. The molecule has 5 heteroatoms. The van der Waals surface area contributed by atoms with Crippen molar-refractivity contribution in [3.8, 4) is 5.75 Å². The second kappa shape index (κ2) is 6.64. The van der Waals surface area contributed by atoms with Gasteiger partial charge < -0.3 is 15.0 Å². The first kappa shape index (κ1) is 18.3. The summed E-state index contributed by atoms with van der Waals surface area (Å²) in [6, 6.07) is 14.8. The summed E-state index contributed by atoms with van der Waals surface area (Å²) < 4.78 is 0. The molecule has 1 unspecified atom stereocenters. The number of fused-ring (bicyclic) bond motifs is 5. The maximum absolute atomic E-state index is 13.1. The molecular weight excluding hydrogens is 374 g/mol. The molecule has 30 heavy (non-hydrogen) atoms. The van der Waals surface area contributed by atoms with Gasteiger partial charge in [0.1, 0.15) is 11.3 Å². The number of phenols is 1. The number of Topliss-reactive ketones (excluding diaryl/α,β-unsaturated/α-hetero) is 1. The molecule has 148 valence electrons. The summed E-state index contributed by atoms with van der Waals surface area (Å²) in [4.78, 5) is 22.7. The van der Waals surface area contributed by atoms with Crippen molar-refractivity contribution in [2.45, 2.75) is 25.3 Å². The summed E-state index contributed by atoms with van der Waals surface area (Å²) in [5, 5.41) is 11.3. The van der Waals surface area contributed by atoms with E-state index in [1.807, 2.05) is 18.3 Å². The second-order valence-corrected chi connectivity index (χ2v) is 7.75. The molecule has 0 saturated heterocycles. The van der Waals surface area contributed by atoms with Crippen LogP contribution in [0.2, 0.25) is 0 Å². The van der Waals surface area contributed by atoms with E-state index in [0.717, 1.165) is 17.6 Å². The van der Waals surface area contributed by atoms with Gasteiger partial charge in [0.05, 0.1) is 12.1 Å². The molecule has 0 spiro atoms.